The molecule has 0 bridgehead atoms. The number of amides is 1. The number of carbonyl (C=O) groups excluding carboxylic acids is 1. The molecule has 7 nitrogen and oxygen atoms in total. The number of rotatable bonds is 4. The van der Waals surface area contributed by atoms with Gasteiger partial charge in [0.25, 0.3) is 5.91 Å². The van der Waals surface area contributed by atoms with E-state index in [0.29, 0.717) is 17.1 Å². The van der Waals surface area contributed by atoms with Gasteiger partial charge in [0.05, 0.1) is 11.9 Å². The second-order valence-electron chi connectivity index (χ2n) is 4.49. The van der Waals surface area contributed by atoms with Crippen molar-refractivity contribution < 1.29 is 14.7 Å². The van der Waals surface area contributed by atoms with E-state index in [1.807, 2.05) is 14.1 Å². The van der Waals surface area contributed by atoms with Crippen LogP contribution in [0.5, 0.6) is 0 Å². The number of hydrogen-bond donors (Lipinski definition) is 2. The molecular formula is C14H14N4O3. The maximum Gasteiger partial charge on any atom is 0.354 e. The van der Waals surface area contributed by atoms with E-state index < -0.39 is 5.97 Å². The molecule has 0 aliphatic rings. The third-order valence-electron chi connectivity index (χ3n) is 2.71. The van der Waals surface area contributed by atoms with Crippen LogP contribution in [0.25, 0.3) is 0 Å². The number of aromatic nitrogens is 2. The van der Waals surface area contributed by atoms with Crippen molar-refractivity contribution >= 4 is 23.4 Å². The first kappa shape index (κ1) is 14.4. The lowest BCUT2D eigenvalue weighted by molar-refractivity contribution is 0.0690. The third-order valence-corrected chi connectivity index (χ3v) is 2.71. The van der Waals surface area contributed by atoms with Crippen LogP contribution in [-0.2, 0) is 0 Å². The van der Waals surface area contributed by atoms with E-state index in [0.717, 1.165) is 0 Å². The van der Waals surface area contributed by atoms with Gasteiger partial charge in [-0.2, -0.15) is 0 Å². The van der Waals surface area contributed by atoms with Crippen molar-refractivity contribution in [3.05, 3.63) is 47.9 Å². The van der Waals surface area contributed by atoms with Crippen LogP contribution in [-0.4, -0.2) is 41.0 Å². The summed E-state index contributed by atoms with van der Waals surface area (Å²) < 4.78 is 0. The summed E-state index contributed by atoms with van der Waals surface area (Å²) in [5.41, 5.74) is 0.802. The predicted molar refractivity (Wildman–Crippen MR) is 77.7 cm³/mol. The molecule has 108 valence electrons. The van der Waals surface area contributed by atoms with Crippen molar-refractivity contribution in [2.45, 2.75) is 0 Å². The number of carboxylic acid groups (broad SMARTS) is 1. The fourth-order valence-corrected chi connectivity index (χ4v) is 1.60. The lowest BCUT2D eigenvalue weighted by Crippen LogP contribution is -2.15. The molecule has 2 heterocycles. The Morgan fingerprint density at radius 1 is 1.19 bits per heavy atom. The molecule has 0 spiro atoms. The second-order valence-corrected chi connectivity index (χ2v) is 4.49. The van der Waals surface area contributed by atoms with Crippen molar-refractivity contribution in [2.75, 3.05) is 24.3 Å². The monoisotopic (exact) mass is 286 g/mol. The second kappa shape index (κ2) is 6.00. The van der Waals surface area contributed by atoms with Crippen LogP contribution in [0.15, 0.2) is 36.7 Å². The van der Waals surface area contributed by atoms with Crippen LogP contribution in [0.2, 0.25) is 0 Å². The molecule has 0 fully saturated rings. The zero-order valence-corrected chi connectivity index (χ0v) is 11.6. The number of carboxylic acids is 1. The number of hydrogen-bond acceptors (Lipinski definition) is 5. The SMILES string of the molecule is CN(C)c1cc(C(=O)Nc2ccc(C(=O)O)nc2)ccn1. The molecule has 0 unspecified atom stereocenters. The highest BCUT2D eigenvalue weighted by Gasteiger charge is 2.09. The van der Waals surface area contributed by atoms with Gasteiger partial charge in [-0.15, -0.1) is 0 Å². The summed E-state index contributed by atoms with van der Waals surface area (Å²) in [6, 6.07) is 6.08. The molecule has 0 atom stereocenters. The number of aromatic carboxylic acids is 1. The van der Waals surface area contributed by atoms with E-state index in [1.54, 1.807) is 23.2 Å². The zero-order valence-electron chi connectivity index (χ0n) is 11.6. The van der Waals surface area contributed by atoms with Crippen molar-refractivity contribution in [3.8, 4) is 0 Å². The quantitative estimate of drug-likeness (QED) is 0.884. The summed E-state index contributed by atoms with van der Waals surface area (Å²) in [6.07, 6.45) is 2.85. The summed E-state index contributed by atoms with van der Waals surface area (Å²) in [4.78, 5) is 32.5. The molecule has 0 radical (unpaired) electrons. The van der Waals surface area contributed by atoms with Gasteiger partial charge < -0.3 is 15.3 Å². The Hall–Kier alpha value is -2.96. The molecule has 0 aliphatic carbocycles. The predicted octanol–water partition coefficient (Wildman–Crippen LogP) is 1.49. The molecule has 0 saturated carbocycles. The highest BCUT2D eigenvalue weighted by molar-refractivity contribution is 6.04. The first-order valence-electron chi connectivity index (χ1n) is 6.11. The van der Waals surface area contributed by atoms with Crippen LogP contribution < -0.4 is 10.2 Å². The smallest absolute Gasteiger partial charge is 0.354 e. The highest BCUT2D eigenvalue weighted by Crippen LogP contribution is 2.12. The van der Waals surface area contributed by atoms with Crippen LogP contribution >= 0.6 is 0 Å². The Kier molecular flexibility index (Phi) is 4.13. The van der Waals surface area contributed by atoms with E-state index in [9.17, 15) is 9.59 Å². The van der Waals surface area contributed by atoms with Crippen LogP contribution in [0.1, 0.15) is 20.8 Å². The largest absolute Gasteiger partial charge is 0.477 e. The highest BCUT2D eigenvalue weighted by atomic mass is 16.4. The van der Waals surface area contributed by atoms with Gasteiger partial charge in [-0.05, 0) is 24.3 Å². The van der Waals surface area contributed by atoms with E-state index >= 15 is 0 Å². The van der Waals surface area contributed by atoms with E-state index in [-0.39, 0.29) is 11.6 Å². The van der Waals surface area contributed by atoms with Gasteiger partial charge in [0.2, 0.25) is 0 Å². The van der Waals surface area contributed by atoms with Gasteiger partial charge in [0.15, 0.2) is 0 Å². The average Bonchev–Trinajstić information content (AvgIpc) is 2.48. The number of anilines is 2. The number of nitrogens with zero attached hydrogens (tertiary/aromatic N) is 3. The Balaban J connectivity index is 2.14. The molecule has 0 aliphatic heterocycles. The maximum atomic E-state index is 12.1. The molecule has 2 aromatic heterocycles. The first-order chi connectivity index (χ1) is 9.97. The molecule has 0 saturated heterocycles. The molecular weight excluding hydrogens is 272 g/mol. The summed E-state index contributed by atoms with van der Waals surface area (Å²) in [6.45, 7) is 0. The maximum absolute atomic E-state index is 12.1. The van der Waals surface area contributed by atoms with Crippen LogP contribution in [0.4, 0.5) is 11.5 Å². The zero-order chi connectivity index (χ0) is 15.4. The minimum absolute atomic E-state index is 0.0770. The molecule has 2 rings (SSSR count). The van der Waals surface area contributed by atoms with E-state index in [2.05, 4.69) is 15.3 Å². The fourth-order valence-electron chi connectivity index (χ4n) is 1.60. The molecule has 2 N–H and O–H groups in total. The minimum atomic E-state index is -1.11. The van der Waals surface area contributed by atoms with Gasteiger partial charge in [-0.3, -0.25) is 4.79 Å². The Bertz CT molecular complexity index is 668. The molecule has 7 heteroatoms. The molecule has 0 aromatic carbocycles. The summed E-state index contributed by atoms with van der Waals surface area (Å²) in [5.74, 6) is -0.759. The minimum Gasteiger partial charge on any atom is -0.477 e. The van der Waals surface area contributed by atoms with Crippen LogP contribution in [0, 0.1) is 0 Å². The van der Waals surface area contributed by atoms with Gasteiger partial charge in [-0.25, -0.2) is 14.8 Å². The van der Waals surface area contributed by atoms with Gasteiger partial charge in [0, 0.05) is 25.9 Å². The summed E-state index contributed by atoms with van der Waals surface area (Å²) in [5, 5.41) is 11.4. The topological polar surface area (TPSA) is 95.4 Å². The number of nitrogens with one attached hydrogen (secondary N) is 1. The lowest BCUT2D eigenvalue weighted by atomic mass is 10.2. The number of pyridine rings is 2. The number of carbonyl (C=O) groups is 2. The van der Waals surface area contributed by atoms with Crippen molar-refractivity contribution in [3.63, 3.8) is 0 Å². The first-order valence-corrected chi connectivity index (χ1v) is 6.11. The summed E-state index contributed by atoms with van der Waals surface area (Å²) in [7, 11) is 3.66. The average molecular weight is 286 g/mol. The van der Waals surface area contributed by atoms with Crippen molar-refractivity contribution in [1.29, 1.82) is 0 Å². The third kappa shape index (κ3) is 3.53. The Morgan fingerprint density at radius 3 is 2.52 bits per heavy atom. The van der Waals surface area contributed by atoms with Gasteiger partial charge >= 0.3 is 5.97 Å². The van der Waals surface area contributed by atoms with Gasteiger partial charge in [-0.1, -0.05) is 0 Å². The van der Waals surface area contributed by atoms with Crippen molar-refractivity contribution in [1.82, 2.24) is 9.97 Å². The van der Waals surface area contributed by atoms with E-state index in [1.165, 1.54) is 18.3 Å². The molecule has 2 aromatic rings. The lowest BCUT2D eigenvalue weighted by Gasteiger charge is -2.12. The molecule has 1 amide bonds. The van der Waals surface area contributed by atoms with Crippen molar-refractivity contribution in [2.24, 2.45) is 0 Å². The fraction of sp³-hybridized carbons (Fsp3) is 0.143. The Morgan fingerprint density at radius 2 is 1.95 bits per heavy atom. The van der Waals surface area contributed by atoms with E-state index in [4.69, 9.17) is 5.11 Å². The standard InChI is InChI=1S/C14H14N4O3/c1-18(2)12-7-9(5-6-15-12)13(19)17-10-3-4-11(14(20)21)16-8-10/h3-8H,1-2H3,(H,17,19)(H,20,21). The normalized spacial score (nSPS) is 10.0. The Labute approximate surface area is 121 Å². The van der Waals surface area contributed by atoms with Crippen LogP contribution in [0.3, 0.4) is 0 Å². The summed E-state index contributed by atoms with van der Waals surface area (Å²) >= 11 is 0. The molecule has 21 heavy (non-hydrogen) atoms. The van der Waals surface area contributed by atoms with Gasteiger partial charge in [0.1, 0.15) is 11.5 Å².